The molecule has 0 saturated heterocycles. The zero-order valence-corrected chi connectivity index (χ0v) is 25.3. The maximum absolute atomic E-state index is 13.5. The van der Waals surface area contributed by atoms with Crippen molar-refractivity contribution in [1.82, 2.24) is 15.1 Å². The van der Waals surface area contributed by atoms with Gasteiger partial charge in [-0.3, -0.25) is 19.1 Å². The van der Waals surface area contributed by atoms with Gasteiger partial charge in [-0.15, -0.1) is 5.10 Å². The third kappa shape index (κ3) is 5.70. The Labute approximate surface area is 252 Å². The van der Waals surface area contributed by atoms with Gasteiger partial charge in [0, 0.05) is 47.7 Å². The summed E-state index contributed by atoms with van der Waals surface area (Å²) in [6.07, 6.45) is 3.07. The largest absolute Gasteiger partial charge is 0.396 e. The molecule has 1 aliphatic heterocycles. The van der Waals surface area contributed by atoms with Gasteiger partial charge in [-0.2, -0.15) is 10.1 Å². The van der Waals surface area contributed by atoms with E-state index in [4.69, 9.17) is 34.8 Å². The van der Waals surface area contributed by atoms with Gasteiger partial charge in [0.25, 0.3) is 11.8 Å². The Morgan fingerprint density at radius 2 is 1.68 bits per heavy atom. The first-order valence-electron chi connectivity index (χ1n) is 12.6. The number of hydrazone groups is 1. The number of nitrogens with zero attached hydrogens (tertiary/aromatic N) is 5. The minimum atomic E-state index is -1.09. The first kappa shape index (κ1) is 30.5. The number of nitrogens with one attached hydrogen (secondary N) is 1. The predicted octanol–water partition coefficient (Wildman–Crippen LogP) is 5.18. The number of amides is 3. The molecule has 1 unspecified atom stereocenters. The summed E-state index contributed by atoms with van der Waals surface area (Å²) in [4.78, 5) is 41.5. The zero-order chi connectivity index (χ0) is 30.3. The molecule has 3 amide bonds. The van der Waals surface area contributed by atoms with E-state index in [-0.39, 0.29) is 44.7 Å². The van der Waals surface area contributed by atoms with E-state index in [1.807, 2.05) is 13.8 Å². The molecular formula is C28H29Cl3N6O4. The summed E-state index contributed by atoms with van der Waals surface area (Å²) in [6.45, 7) is 7.08. The Bertz CT molecular complexity index is 1500. The molecule has 0 aliphatic carbocycles. The quantitative estimate of drug-likeness (QED) is 0.378. The molecule has 2 N–H and O–H groups in total. The van der Waals surface area contributed by atoms with Gasteiger partial charge in [-0.1, -0.05) is 62.5 Å². The second-order valence-electron chi connectivity index (χ2n) is 10.8. The smallest absolute Gasteiger partial charge is 0.280 e. The Morgan fingerprint density at radius 1 is 1.07 bits per heavy atom. The number of aliphatic hydroxyl groups is 1. The number of benzene rings is 2. The number of halogens is 3. The molecule has 41 heavy (non-hydrogen) atoms. The van der Waals surface area contributed by atoms with Crippen molar-refractivity contribution in [3.63, 3.8) is 0 Å². The summed E-state index contributed by atoms with van der Waals surface area (Å²) < 4.78 is 1.36. The Balaban J connectivity index is 1.60. The van der Waals surface area contributed by atoms with Gasteiger partial charge >= 0.3 is 0 Å². The molecule has 0 saturated carbocycles. The molecular weight excluding hydrogens is 591 g/mol. The van der Waals surface area contributed by atoms with Crippen molar-refractivity contribution in [2.24, 2.45) is 15.9 Å². The monoisotopic (exact) mass is 618 g/mol. The highest BCUT2D eigenvalue weighted by Gasteiger charge is 2.44. The van der Waals surface area contributed by atoms with Crippen LogP contribution in [0.5, 0.6) is 0 Å². The minimum absolute atomic E-state index is 0.00939. The van der Waals surface area contributed by atoms with Gasteiger partial charge in [0.1, 0.15) is 5.69 Å². The molecule has 1 aromatic heterocycles. The van der Waals surface area contributed by atoms with Crippen LogP contribution in [0.25, 0.3) is 0 Å². The normalized spacial score (nSPS) is 15.6. The second-order valence-corrected chi connectivity index (χ2v) is 12.0. The van der Waals surface area contributed by atoms with Crippen molar-refractivity contribution in [2.45, 2.75) is 33.7 Å². The second kappa shape index (κ2) is 11.4. The molecule has 0 spiro atoms. The van der Waals surface area contributed by atoms with Crippen LogP contribution in [0.2, 0.25) is 15.1 Å². The molecule has 3 aromatic rings. The van der Waals surface area contributed by atoms with E-state index in [1.165, 1.54) is 27.9 Å². The Hall–Kier alpha value is -3.44. The number of rotatable bonds is 7. The van der Waals surface area contributed by atoms with Crippen LogP contribution >= 0.6 is 34.8 Å². The summed E-state index contributed by atoms with van der Waals surface area (Å²) in [5.74, 6) is -1.26. The van der Waals surface area contributed by atoms with Crippen LogP contribution in [0, 0.1) is 10.8 Å². The fourth-order valence-electron chi connectivity index (χ4n) is 4.16. The molecule has 13 heteroatoms. The van der Waals surface area contributed by atoms with Crippen LogP contribution in [0.1, 0.15) is 44.1 Å². The maximum Gasteiger partial charge on any atom is 0.280 e. The molecule has 0 radical (unpaired) electrons. The number of anilines is 2. The molecule has 0 fully saturated rings. The fraction of sp³-hybridized carbons (Fsp3) is 0.321. The van der Waals surface area contributed by atoms with E-state index in [0.29, 0.717) is 5.69 Å². The predicted molar refractivity (Wildman–Crippen MR) is 160 cm³/mol. The van der Waals surface area contributed by atoms with Gasteiger partial charge in [0.15, 0.2) is 11.9 Å². The number of amidine groups is 1. The zero-order valence-electron chi connectivity index (χ0n) is 23.0. The lowest BCUT2D eigenvalue weighted by atomic mass is 9.67. The van der Waals surface area contributed by atoms with Crippen LogP contribution in [0.15, 0.2) is 60.0 Å². The lowest BCUT2D eigenvalue weighted by Crippen LogP contribution is -2.48. The Morgan fingerprint density at radius 3 is 2.22 bits per heavy atom. The number of carbonyl (C=O) groups excluding carboxylic acids is 3. The highest BCUT2D eigenvalue weighted by atomic mass is 35.5. The topological polar surface area (TPSA) is 120 Å². The molecule has 4 rings (SSSR count). The van der Waals surface area contributed by atoms with E-state index >= 15 is 0 Å². The summed E-state index contributed by atoms with van der Waals surface area (Å²) >= 11 is 18.7. The lowest BCUT2D eigenvalue weighted by Gasteiger charge is -2.41. The van der Waals surface area contributed by atoms with E-state index in [0.717, 1.165) is 5.01 Å². The van der Waals surface area contributed by atoms with Crippen LogP contribution < -0.4 is 15.2 Å². The minimum Gasteiger partial charge on any atom is -0.396 e. The number of hydrogen-bond acceptors (Lipinski definition) is 6. The van der Waals surface area contributed by atoms with Crippen LogP contribution in [0.3, 0.4) is 0 Å². The number of aromatic nitrogens is 2. The maximum atomic E-state index is 13.5. The Kier molecular flexibility index (Phi) is 8.52. The summed E-state index contributed by atoms with van der Waals surface area (Å²) in [5, 5.41) is 22.5. The lowest BCUT2D eigenvalue weighted by molar-refractivity contribution is -0.134. The molecule has 2 aromatic carbocycles. The van der Waals surface area contributed by atoms with Crippen LogP contribution in [-0.2, 0) is 9.59 Å². The number of carbonyl (C=O) groups is 3. The average molecular weight is 620 g/mol. The van der Waals surface area contributed by atoms with Crippen molar-refractivity contribution in [3.8, 4) is 0 Å². The van der Waals surface area contributed by atoms with Gasteiger partial charge in [-0.25, -0.2) is 0 Å². The van der Waals surface area contributed by atoms with Crippen LogP contribution in [0.4, 0.5) is 11.4 Å². The first-order chi connectivity index (χ1) is 19.2. The third-order valence-electron chi connectivity index (χ3n) is 7.58. The standard InChI is InChI=1S/C28H29Cl3N6O4/c1-27(2,15-38)28(3,4)26(41)35(5)18-9-7-16(8-10-18)24(39)33-23-22(36-12-6-11-32-36)25(40)37(34-23)21-19(30)13-17(29)14-20(21)31/h6-14,22,38H,15H2,1-5H3,(H,33,34,39). The molecule has 0 bridgehead atoms. The summed E-state index contributed by atoms with van der Waals surface area (Å²) in [5.41, 5.74) is -0.567. The van der Waals surface area contributed by atoms with Crippen LogP contribution in [-0.4, -0.2) is 52.1 Å². The van der Waals surface area contributed by atoms with Gasteiger partial charge in [0.05, 0.1) is 15.5 Å². The van der Waals surface area contributed by atoms with Crippen molar-refractivity contribution >= 4 is 69.7 Å². The summed E-state index contributed by atoms with van der Waals surface area (Å²) in [6, 6.07) is 9.81. The fourth-order valence-corrected chi connectivity index (χ4v) is 5.13. The van der Waals surface area contributed by atoms with E-state index in [1.54, 1.807) is 57.4 Å². The van der Waals surface area contributed by atoms with Gasteiger partial charge < -0.3 is 15.3 Å². The third-order valence-corrected chi connectivity index (χ3v) is 8.37. The average Bonchev–Trinajstić information content (AvgIpc) is 3.55. The van der Waals surface area contributed by atoms with E-state index < -0.39 is 28.7 Å². The SMILES string of the molecule is CN(C(=O)C(C)(C)C(C)(C)CO)c1ccc(C(=O)NC2=NN(c3c(Cl)cc(Cl)cc3Cl)C(=O)C2n2cccn2)cc1. The van der Waals surface area contributed by atoms with E-state index in [2.05, 4.69) is 15.5 Å². The van der Waals surface area contributed by atoms with Crippen molar-refractivity contribution < 1.29 is 19.5 Å². The van der Waals surface area contributed by atoms with Gasteiger partial charge in [-0.05, 0) is 42.5 Å². The molecule has 2 heterocycles. The van der Waals surface area contributed by atoms with Crippen molar-refractivity contribution in [1.29, 1.82) is 0 Å². The van der Waals surface area contributed by atoms with Gasteiger partial charge in [0.2, 0.25) is 5.91 Å². The molecule has 1 aliphatic rings. The molecule has 1 atom stereocenters. The van der Waals surface area contributed by atoms with Crippen molar-refractivity contribution in [2.75, 3.05) is 23.6 Å². The highest BCUT2D eigenvalue weighted by Crippen LogP contribution is 2.41. The van der Waals surface area contributed by atoms with E-state index in [9.17, 15) is 19.5 Å². The van der Waals surface area contributed by atoms with Crippen molar-refractivity contribution in [3.05, 3.63) is 75.5 Å². The summed E-state index contributed by atoms with van der Waals surface area (Å²) in [7, 11) is 1.64. The molecule has 216 valence electrons. The number of hydrogen-bond donors (Lipinski definition) is 2. The molecule has 10 nitrogen and oxygen atoms in total. The first-order valence-corrected chi connectivity index (χ1v) is 13.7. The highest BCUT2D eigenvalue weighted by molar-refractivity contribution is 6.43. The number of aliphatic hydroxyl groups excluding tert-OH is 1.